The van der Waals surface area contributed by atoms with E-state index in [4.69, 9.17) is 33.0 Å². The van der Waals surface area contributed by atoms with Crippen LogP contribution in [0.15, 0.2) is 36.4 Å². The number of benzene rings is 2. The molecule has 0 heterocycles. The van der Waals surface area contributed by atoms with Gasteiger partial charge in [0.1, 0.15) is 11.5 Å². The third kappa shape index (κ3) is 2.96. The fourth-order valence-corrected chi connectivity index (χ4v) is 1.88. The minimum absolute atomic E-state index is 0.0217. The lowest BCUT2D eigenvalue weighted by atomic mass is 10.1. The Kier molecular flexibility index (Phi) is 4.12. The molecule has 0 aliphatic rings. The van der Waals surface area contributed by atoms with Crippen molar-refractivity contribution >= 4 is 23.2 Å². The van der Waals surface area contributed by atoms with Crippen LogP contribution in [0.5, 0.6) is 11.5 Å². The topological polar surface area (TPSA) is 29.5 Å². The Morgan fingerprint density at radius 1 is 1.06 bits per heavy atom. The van der Waals surface area contributed by atoms with Crippen molar-refractivity contribution in [1.82, 2.24) is 0 Å². The molecule has 2 aromatic rings. The van der Waals surface area contributed by atoms with E-state index in [1.54, 1.807) is 18.2 Å². The zero-order valence-corrected chi connectivity index (χ0v) is 11.3. The smallest absolute Gasteiger partial charge is 0.130 e. The number of hydrogen-bond donors (Lipinski definition) is 1. The first kappa shape index (κ1) is 13.2. The van der Waals surface area contributed by atoms with Crippen LogP contribution >= 0.6 is 23.2 Å². The molecule has 94 valence electrons. The van der Waals surface area contributed by atoms with Gasteiger partial charge in [-0.3, -0.25) is 0 Å². The molecular weight excluding hydrogens is 271 g/mol. The van der Waals surface area contributed by atoms with E-state index in [1.807, 2.05) is 25.1 Å². The maximum absolute atomic E-state index is 9.04. The van der Waals surface area contributed by atoms with Crippen LogP contribution in [0.25, 0.3) is 0 Å². The molecule has 0 radical (unpaired) electrons. The molecule has 18 heavy (non-hydrogen) atoms. The number of rotatable bonds is 3. The molecule has 0 bridgehead atoms. The molecule has 0 unspecified atom stereocenters. The molecule has 0 fully saturated rings. The Bertz CT molecular complexity index is 568. The van der Waals surface area contributed by atoms with Gasteiger partial charge in [0.2, 0.25) is 0 Å². The van der Waals surface area contributed by atoms with Crippen LogP contribution in [0.2, 0.25) is 10.0 Å². The molecular formula is C14H12Cl2O2. The van der Waals surface area contributed by atoms with E-state index in [9.17, 15) is 0 Å². The highest BCUT2D eigenvalue weighted by Gasteiger charge is 2.05. The summed E-state index contributed by atoms with van der Waals surface area (Å²) in [5, 5.41) is 9.99. The Hall–Kier alpha value is -1.22. The van der Waals surface area contributed by atoms with Gasteiger partial charge in [-0.2, -0.15) is 0 Å². The molecule has 0 saturated heterocycles. The van der Waals surface area contributed by atoms with Crippen molar-refractivity contribution in [2.24, 2.45) is 0 Å². The zero-order valence-electron chi connectivity index (χ0n) is 9.78. The molecule has 2 rings (SSSR count). The van der Waals surface area contributed by atoms with Gasteiger partial charge in [0, 0.05) is 6.07 Å². The first-order valence-electron chi connectivity index (χ1n) is 5.43. The number of hydrogen-bond acceptors (Lipinski definition) is 2. The van der Waals surface area contributed by atoms with Crippen LogP contribution in [0.3, 0.4) is 0 Å². The van der Waals surface area contributed by atoms with Gasteiger partial charge in [-0.1, -0.05) is 35.3 Å². The summed E-state index contributed by atoms with van der Waals surface area (Å²) in [4.78, 5) is 0. The van der Waals surface area contributed by atoms with Crippen molar-refractivity contribution < 1.29 is 9.84 Å². The minimum atomic E-state index is 0.0217. The zero-order chi connectivity index (χ0) is 13.1. The number of aliphatic hydroxyl groups is 1. The molecule has 2 aromatic carbocycles. The summed E-state index contributed by atoms with van der Waals surface area (Å²) in [6.45, 7) is 1.94. The average Bonchev–Trinajstić information content (AvgIpc) is 2.36. The Balaban J connectivity index is 2.25. The second-order valence-corrected chi connectivity index (χ2v) is 4.75. The highest BCUT2D eigenvalue weighted by molar-refractivity contribution is 6.42. The average molecular weight is 283 g/mol. The van der Waals surface area contributed by atoms with Gasteiger partial charge in [0.25, 0.3) is 0 Å². The Labute approximate surface area is 116 Å². The largest absolute Gasteiger partial charge is 0.457 e. The van der Waals surface area contributed by atoms with Crippen molar-refractivity contribution in [3.05, 3.63) is 57.6 Å². The molecule has 0 amide bonds. The van der Waals surface area contributed by atoms with Gasteiger partial charge in [-0.05, 0) is 36.2 Å². The van der Waals surface area contributed by atoms with Crippen molar-refractivity contribution in [2.45, 2.75) is 13.5 Å². The van der Waals surface area contributed by atoms with Gasteiger partial charge in [-0.15, -0.1) is 0 Å². The monoisotopic (exact) mass is 282 g/mol. The predicted octanol–water partition coefficient (Wildman–Crippen LogP) is 4.59. The highest BCUT2D eigenvalue weighted by Crippen LogP contribution is 2.31. The fraction of sp³-hybridized carbons (Fsp3) is 0.143. The summed E-state index contributed by atoms with van der Waals surface area (Å²) in [7, 11) is 0. The number of ether oxygens (including phenoxy) is 1. The van der Waals surface area contributed by atoms with E-state index in [1.165, 1.54) is 0 Å². The van der Waals surface area contributed by atoms with E-state index in [-0.39, 0.29) is 6.61 Å². The van der Waals surface area contributed by atoms with Gasteiger partial charge in [0.05, 0.1) is 16.7 Å². The highest BCUT2D eigenvalue weighted by atomic mass is 35.5. The van der Waals surface area contributed by atoms with Crippen LogP contribution in [0.1, 0.15) is 11.1 Å². The summed E-state index contributed by atoms with van der Waals surface area (Å²) in [6.07, 6.45) is 0. The molecule has 0 saturated carbocycles. The summed E-state index contributed by atoms with van der Waals surface area (Å²) in [5.74, 6) is 1.36. The lowest BCUT2D eigenvalue weighted by Gasteiger charge is -2.10. The summed E-state index contributed by atoms with van der Waals surface area (Å²) < 4.78 is 5.72. The minimum Gasteiger partial charge on any atom is -0.457 e. The molecule has 0 aliphatic heterocycles. The van der Waals surface area contributed by atoms with Crippen LogP contribution in [-0.2, 0) is 6.61 Å². The van der Waals surface area contributed by atoms with E-state index in [0.717, 1.165) is 16.9 Å². The summed E-state index contributed by atoms with van der Waals surface area (Å²) in [5.41, 5.74) is 1.81. The lowest BCUT2D eigenvalue weighted by Crippen LogP contribution is -1.90. The van der Waals surface area contributed by atoms with Gasteiger partial charge in [-0.25, -0.2) is 0 Å². The van der Waals surface area contributed by atoms with E-state index >= 15 is 0 Å². The predicted molar refractivity (Wildman–Crippen MR) is 73.6 cm³/mol. The molecule has 0 atom stereocenters. The molecule has 4 heteroatoms. The van der Waals surface area contributed by atoms with Gasteiger partial charge >= 0.3 is 0 Å². The third-order valence-corrected chi connectivity index (χ3v) is 3.28. The number of halogens is 2. The SMILES string of the molecule is Cc1cc(CO)ccc1Oc1ccc(Cl)c(Cl)c1. The summed E-state index contributed by atoms with van der Waals surface area (Å²) in [6, 6.07) is 10.6. The maximum atomic E-state index is 9.04. The fourth-order valence-electron chi connectivity index (χ4n) is 1.59. The second-order valence-electron chi connectivity index (χ2n) is 3.94. The number of aliphatic hydroxyl groups excluding tert-OH is 1. The molecule has 0 aromatic heterocycles. The summed E-state index contributed by atoms with van der Waals surface area (Å²) >= 11 is 11.8. The van der Waals surface area contributed by atoms with Crippen molar-refractivity contribution in [3.63, 3.8) is 0 Å². The van der Waals surface area contributed by atoms with Crippen molar-refractivity contribution in [3.8, 4) is 11.5 Å². The first-order chi connectivity index (χ1) is 8.60. The molecule has 2 nitrogen and oxygen atoms in total. The second kappa shape index (κ2) is 5.61. The molecule has 0 aliphatic carbocycles. The van der Waals surface area contributed by atoms with Crippen molar-refractivity contribution in [2.75, 3.05) is 0 Å². The number of aryl methyl sites for hydroxylation is 1. The Morgan fingerprint density at radius 3 is 2.44 bits per heavy atom. The first-order valence-corrected chi connectivity index (χ1v) is 6.19. The van der Waals surface area contributed by atoms with Gasteiger partial charge < -0.3 is 9.84 Å². The standard InChI is InChI=1S/C14H12Cl2O2/c1-9-6-10(8-17)2-5-14(9)18-11-3-4-12(15)13(16)7-11/h2-7,17H,8H2,1H3. The Morgan fingerprint density at radius 2 is 1.83 bits per heavy atom. The van der Waals surface area contributed by atoms with Gasteiger partial charge in [0.15, 0.2) is 0 Å². The van der Waals surface area contributed by atoms with E-state index in [0.29, 0.717) is 15.8 Å². The van der Waals surface area contributed by atoms with Crippen molar-refractivity contribution in [1.29, 1.82) is 0 Å². The van der Waals surface area contributed by atoms with E-state index < -0.39 is 0 Å². The molecule has 0 spiro atoms. The lowest BCUT2D eigenvalue weighted by molar-refractivity contribution is 0.281. The quantitative estimate of drug-likeness (QED) is 0.893. The maximum Gasteiger partial charge on any atom is 0.130 e. The normalized spacial score (nSPS) is 10.4. The van der Waals surface area contributed by atoms with E-state index in [2.05, 4.69) is 0 Å². The van der Waals surface area contributed by atoms with Crippen LogP contribution in [0.4, 0.5) is 0 Å². The van der Waals surface area contributed by atoms with Crippen LogP contribution in [-0.4, -0.2) is 5.11 Å². The van der Waals surface area contributed by atoms with Crippen LogP contribution < -0.4 is 4.74 Å². The van der Waals surface area contributed by atoms with Crippen LogP contribution in [0, 0.1) is 6.92 Å². The molecule has 1 N–H and O–H groups in total. The third-order valence-electron chi connectivity index (χ3n) is 2.54.